The highest BCUT2D eigenvalue weighted by Crippen LogP contribution is 2.28. The summed E-state index contributed by atoms with van der Waals surface area (Å²) in [6.45, 7) is 4.23. The lowest BCUT2D eigenvalue weighted by molar-refractivity contribution is 0.0655. The standard InChI is InChI=1S/C16H23NO5S/c1-11(2)10-23(19,20)13-8-17(9-13)16(18)14-6-5-12(21-3)7-15(14)22-4/h5-7,11,13H,8-10H2,1-4H3. The summed E-state index contributed by atoms with van der Waals surface area (Å²) in [4.78, 5) is 14.0. The van der Waals surface area contributed by atoms with Gasteiger partial charge < -0.3 is 14.4 Å². The molecule has 0 saturated carbocycles. The number of sulfone groups is 1. The molecule has 128 valence electrons. The zero-order valence-corrected chi connectivity index (χ0v) is 14.7. The molecular weight excluding hydrogens is 318 g/mol. The average Bonchev–Trinajstić information content (AvgIpc) is 2.42. The molecule has 23 heavy (non-hydrogen) atoms. The molecule has 1 aromatic carbocycles. The van der Waals surface area contributed by atoms with Gasteiger partial charge in [-0.25, -0.2) is 8.42 Å². The average molecular weight is 341 g/mol. The zero-order valence-electron chi connectivity index (χ0n) is 13.9. The Morgan fingerprint density at radius 2 is 1.91 bits per heavy atom. The van der Waals surface area contributed by atoms with Crippen molar-refractivity contribution < 1.29 is 22.7 Å². The number of carbonyl (C=O) groups excluding carboxylic acids is 1. The minimum atomic E-state index is -3.14. The summed E-state index contributed by atoms with van der Waals surface area (Å²) in [6.07, 6.45) is 0. The fourth-order valence-corrected chi connectivity index (χ4v) is 4.59. The molecule has 0 spiro atoms. The highest BCUT2D eigenvalue weighted by molar-refractivity contribution is 7.92. The van der Waals surface area contributed by atoms with Crippen molar-refractivity contribution in [2.75, 3.05) is 33.1 Å². The van der Waals surface area contributed by atoms with Crippen molar-refractivity contribution in [2.24, 2.45) is 5.92 Å². The van der Waals surface area contributed by atoms with Gasteiger partial charge in [0.1, 0.15) is 11.5 Å². The van der Waals surface area contributed by atoms with Gasteiger partial charge in [0, 0.05) is 19.2 Å². The lowest BCUT2D eigenvalue weighted by Crippen LogP contribution is -2.57. The molecule has 0 radical (unpaired) electrons. The van der Waals surface area contributed by atoms with Crippen molar-refractivity contribution in [1.82, 2.24) is 4.90 Å². The van der Waals surface area contributed by atoms with Gasteiger partial charge in [-0.05, 0) is 18.1 Å². The van der Waals surface area contributed by atoms with Crippen molar-refractivity contribution in [1.29, 1.82) is 0 Å². The van der Waals surface area contributed by atoms with Gasteiger partial charge >= 0.3 is 0 Å². The summed E-state index contributed by atoms with van der Waals surface area (Å²) >= 11 is 0. The maximum absolute atomic E-state index is 12.5. The molecule has 1 aromatic rings. The number of ether oxygens (including phenoxy) is 2. The number of hydrogen-bond acceptors (Lipinski definition) is 5. The summed E-state index contributed by atoms with van der Waals surface area (Å²) in [5, 5.41) is -0.460. The van der Waals surface area contributed by atoms with Crippen LogP contribution in [0.25, 0.3) is 0 Å². The van der Waals surface area contributed by atoms with Gasteiger partial charge in [-0.3, -0.25) is 4.79 Å². The molecule has 0 unspecified atom stereocenters. The molecule has 1 aliphatic rings. The Kier molecular flexibility index (Phi) is 5.19. The molecule has 0 aromatic heterocycles. The number of carbonyl (C=O) groups is 1. The SMILES string of the molecule is COc1ccc(C(=O)N2CC(S(=O)(=O)CC(C)C)C2)c(OC)c1. The van der Waals surface area contributed by atoms with Crippen LogP contribution in [-0.4, -0.2) is 57.5 Å². The van der Waals surface area contributed by atoms with Gasteiger partial charge in [0.15, 0.2) is 9.84 Å². The quantitative estimate of drug-likeness (QED) is 0.786. The lowest BCUT2D eigenvalue weighted by atomic mass is 10.1. The third-order valence-electron chi connectivity index (χ3n) is 3.85. The number of hydrogen-bond donors (Lipinski definition) is 0. The molecule has 1 fully saturated rings. The van der Waals surface area contributed by atoms with E-state index in [1.165, 1.54) is 19.1 Å². The lowest BCUT2D eigenvalue weighted by Gasteiger charge is -2.39. The van der Waals surface area contributed by atoms with Crippen molar-refractivity contribution in [3.8, 4) is 11.5 Å². The van der Waals surface area contributed by atoms with Crippen LogP contribution in [0, 0.1) is 5.92 Å². The van der Waals surface area contributed by atoms with Gasteiger partial charge in [-0.2, -0.15) is 0 Å². The Morgan fingerprint density at radius 1 is 1.26 bits per heavy atom. The van der Waals surface area contributed by atoms with E-state index in [4.69, 9.17) is 9.47 Å². The molecule has 2 rings (SSSR count). The van der Waals surface area contributed by atoms with E-state index in [-0.39, 0.29) is 30.7 Å². The summed E-state index contributed by atoms with van der Waals surface area (Å²) in [5.41, 5.74) is 0.410. The highest BCUT2D eigenvalue weighted by atomic mass is 32.2. The van der Waals surface area contributed by atoms with Crippen LogP contribution in [0.3, 0.4) is 0 Å². The summed E-state index contributed by atoms with van der Waals surface area (Å²) < 4.78 is 34.6. The van der Waals surface area contributed by atoms with Crippen molar-refractivity contribution in [3.05, 3.63) is 23.8 Å². The first-order chi connectivity index (χ1) is 10.8. The fraction of sp³-hybridized carbons (Fsp3) is 0.562. The number of nitrogens with zero attached hydrogens (tertiary/aromatic N) is 1. The van der Waals surface area contributed by atoms with Crippen LogP contribution < -0.4 is 9.47 Å². The van der Waals surface area contributed by atoms with E-state index in [0.29, 0.717) is 17.1 Å². The first-order valence-corrected chi connectivity index (χ1v) is 9.23. The Labute approximate surface area is 137 Å². The smallest absolute Gasteiger partial charge is 0.257 e. The summed E-state index contributed by atoms with van der Waals surface area (Å²) in [6, 6.07) is 4.96. The number of likely N-dealkylation sites (tertiary alicyclic amines) is 1. The largest absolute Gasteiger partial charge is 0.497 e. The molecule has 6 nitrogen and oxygen atoms in total. The minimum Gasteiger partial charge on any atom is -0.497 e. The second kappa shape index (κ2) is 6.78. The van der Waals surface area contributed by atoms with Gasteiger partial charge in [-0.15, -0.1) is 0 Å². The van der Waals surface area contributed by atoms with Gasteiger partial charge in [-0.1, -0.05) is 13.8 Å². The van der Waals surface area contributed by atoms with Crippen molar-refractivity contribution in [3.63, 3.8) is 0 Å². The fourth-order valence-electron chi connectivity index (χ4n) is 2.58. The predicted molar refractivity (Wildman–Crippen MR) is 87.9 cm³/mol. The third-order valence-corrected chi connectivity index (χ3v) is 6.29. The first kappa shape index (κ1) is 17.6. The van der Waals surface area contributed by atoms with E-state index in [1.807, 2.05) is 13.8 Å². The number of methoxy groups -OCH3 is 2. The Bertz CT molecular complexity index is 678. The van der Waals surface area contributed by atoms with Crippen molar-refractivity contribution >= 4 is 15.7 Å². The van der Waals surface area contributed by atoms with E-state index >= 15 is 0 Å². The highest BCUT2D eigenvalue weighted by Gasteiger charge is 2.40. The molecule has 0 atom stereocenters. The number of benzene rings is 1. The molecule has 1 aliphatic heterocycles. The van der Waals surface area contributed by atoms with Crippen LogP contribution in [0.4, 0.5) is 0 Å². The Morgan fingerprint density at radius 3 is 2.43 bits per heavy atom. The molecule has 0 bridgehead atoms. The Balaban J connectivity index is 2.07. The van der Waals surface area contributed by atoms with Crippen LogP contribution >= 0.6 is 0 Å². The van der Waals surface area contributed by atoms with E-state index < -0.39 is 15.1 Å². The normalized spacial score (nSPS) is 15.4. The molecule has 0 aliphatic carbocycles. The minimum absolute atomic E-state index is 0.0893. The maximum atomic E-state index is 12.5. The third kappa shape index (κ3) is 3.77. The van der Waals surface area contributed by atoms with Crippen LogP contribution in [0.5, 0.6) is 11.5 Å². The molecule has 7 heteroatoms. The molecule has 0 N–H and O–H groups in total. The second-order valence-electron chi connectivity index (χ2n) is 6.12. The predicted octanol–water partition coefficient (Wildman–Crippen LogP) is 1.60. The van der Waals surface area contributed by atoms with Crippen LogP contribution in [0.2, 0.25) is 0 Å². The number of rotatable bonds is 6. The van der Waals surface area contributed by atoms with E-state index in [0.717, 1.165) is 0 Å². The van der Waals surface area contributed by atoms with E-state index in [2.05, 4.69) is 0 Å². The molecule has 1 heterocycles. The molecule has 1 saturated heterocycles. The van der Waals surface area contributed by atoms with E-state index in [1.54, 1.807) is 18.2 Å². The number of amides is 1. The van der Waals surface area contributed by atoms with Gasteiger partial charge in [0.05, 0.1) is 30.8 Å². The Hall–Kier alpha value is -1.76. The topological polar surface area (TPSA) is 72.9 Å². The van der Waals surface area contributed by atoms with Gasteiger partial charge in [0.2, 0.25) is 0 Å². The first-order valence-electron chi connectivity index (χ1n) is 7.51. The van der Waals surface area contributed by atoms with Crippen LogP contribution in [0.15, 0.2) is 18.2 Å². The molecule has 1 amide bonds. The van der Waals surface area contributed by atoms with Crippen molar-refractivity contribution in [2.45, 2.75) is 19.1 Å². The summed E-state index contributed by atoms with van der Waals surface area (Å²) in [5.74, 6) is 1.04. The molecular formula is C16H23NO5S. The van der Waals surface area contributed by atoms with Crippen LogP contribution in [-0.2, 0) is 9.84 Å². The van der Waals surface area contributed by atoms with Gasteiger partial charge in [0.25, 0.3) is 5.91 Å². The monoisotopic (exact) mass is 341 g/mol. The zero-order chi connectivity index (χ0) is 17.2. The summed E-state index contributed by atoms with van der Waals surface area (Å²) in [7, 11) is -0.122. The maximum Gasteiger partial charge on any atom is 0.257 e. The second-order valence-corrected chi connectivity index (χ2v) is 8.45. The van der Waals surface area contributed by atoms with Crippen LogP contribution in [0.1, 0.15) is 24.2 Å². The van der Waals surface area contributed by atoms with E-state index in [9.17, 15) is 13.2 Å².